The molecule has 0 heterocycles. The maximum Gasteiger partial charge on any atom is 0.327 e. The first-order valence-corrected chi connectivity index (χ1v) is 6.12. The molecule has 0 aliphatic heterocycles. The Morgan fingerprint density at radius 3 is 2.61 bits per heavy atom. The Bertz CT molecular complexity index is 434. The first kappa shape index (κ1) is 14.6. The molecular weight excluding hydrogens is 254 g/mol. The first-order valence-electron chi connectivity index (χ1n) is 5.74. The van der Waals surface area contributed by atoms with Crippen LogP contribution in [0.15, 0.2) is 12.1 Å². The monoisotopic (exact) mass is 271 g/mol. The number of esters is 1. The summed E-state index contributed by atoms with van der Waals surface area (Å²) < 4.78 is 9.91. The number of ether oxygens (including phenoxy) is 2. The Labute approximate surface area is 112 Å². The molecule has 1 N–H and O–H groups in total. The molecule has 0 saturated carbocycles. The largest absolute Gasteiger partial charge is 0.495 e. The number of aryl methyl sites for hydroxylation is 1. The van der Waals surface area contributed by atoms with Crippen molar-refractivity contribution in [1.82, 2.24) is 0 Å². The number of carbonyl (C=O) groups is 1. The molecule has 0 radical (unpaired) electrons. The molecule has 0 amide bonds. The quantitative estimate of drug-likeness (QED) is 0.837. The van der Waals surface area contributed by atoms with Gasteiger partial charge in [0.05, 0.1) is 19.9 Å². The van der Waals surface area contributed by atoms with Gasteiger partial charge in [-0.3, -0.25) is 0 Å². The lowest BCUT2D eigenvalue weighted by atomic mass is 10.1. The fourth-order valence-electron chi connectivity index (χ4n) is 1.62. The summed E-state index contributed by atoms with van der Waals surface area (Å²) in [6, 6.07) is 3.18. The molecule has 0 aliphatic rings. The maximum absolute atomic E-state index is 11.4. The van der Waals surface area contributed by atoms with Crippen LogP contribution in [0.4, 0.5) is 5.69 Å². The van der Waals surface area contributed by atoms with Crippen molar-refractivity contribution in [3.05, 3.63) is 22.7 Å². The topological polar surface area (TPSA) is 47.6 Å². The van der Waals surface area contributed by atoms with E-state index in [0.717, 1.165) is 17.7 Å². The van der Waals surface area contributed by atoms with Gasteiger partial charge in [0.1, 0.15) is 11.8 Å². The number of hydrogen-bond donors (Lipinski definition) is 1. The zero-order chi connectivity index (χ0) is 13.7. The van der Waals surface area contributed by atoms with Crippen LogP contribution in [0.5, 0.6) is 5.75 Å². The number of carbonyl (C=O) groups excluding carboxylic acids is 1. The van der Waals surface area contributed by atoms with Gasteiger partial charge in [0.15, 0.2) is 0 Å². The fraction of sp³-hybridized carbons (Fsp3) is 0.462. The molecule has 1 aromatic carbocycles. The average molecular weight is 272 g/mol. The molecule has 0 aliphatic carbocycles. The highest BCUT2D eigenvalue weighted by Crippen LogP contribution is 2.32. The number of halogens is 1. The average Bonchev–Trinajstić information content (AvgIpc) is 2.38. The van der Waals surface area contributed by atoms with E-state index in [1.807, 2.05) is 13.0 Å². The van der Waals surface area contributed by atoms with Crippen molar-refractivity contribution in [3.8, 4) is 5.75 Å². The van der Waals surface area contributed by atoms with Gasteiger partial charge in [0.25, 0.3) is 0 Å². The van der Waals surface area contributed by atoms with E-state index in [4.69, 9.17) is 16.3 Å². The predicted octanol–water partition coefficient (Wildman–Crippen LogP) is 2.88. The van der Waals surface area contributed by atoms with Crippen LogP contribution >= 0.6 is 11.6 Å². The fourth-order valence-corrected chi connectivity index (χ4v) is 1.91. The number of methoxy groups -OCH3 is 2. The third-order valence-electron chi connectivity index (χ3n) is 2.68. The SMILES string of the molecule is CCc1cc(NC(C)C(=O)OC)c(OC)cc1Cl. The molecule has 18 heavy (non-hydrogen) atoms. The van der Waals surface area contributed by atoms with Gasteiger partial charge in [-0.05, 0) is 25.0 Å². The lowest BCUT2D eigenvalue weighted by molar-refractivity contribution is -0.141. The normalized spacial score (nSPS) is 11.8. The van der Waals surface area contributed by atoms with Gasteiger partial charge in [0.2, 0.25) is 0 Å². The summed E-state index contributed by atoms with van der Waals surface area (Å²) in [5.41, 5.74) is 1.73. The summed E-state index contributed by atoms with van der Waals surface area (Å²) in [6.07, 6.45) is 0.810. The molecule has 100 valence electrons. The highest BCUT2D eigenvalue weighted by molar-refractivity contribution is 6.31. The van der Waals surface area contributed by atoms with E-state index in [0.29, 0.717) is 10.8 Å². The van der Waals surface area contributed by atoms with E-state index in [1.165, 1.54) is 7.11 Å². The maximum atomic E-state index is 11.4. The van der Waals surface area contributed by atoms with Crippen LogP contribution in [0.25, 0.3) is 0 Å². The van der Waals surface area contributed by atoms with Gasteiger partial charge in [-0.25, -0.2) is 4.79 Å². The van der Waals surface area contributed by atoms with E-state index in [1.54, 1.807) is 20.1 Å². The molecule has 5 heteroatoms. The van der Waals surface area contributed by atoms with Crippen molar-refractivity contribution in [1.29, 1.82) is 0 Å². The van der Waals surface area contributed by atoms with Crippen molar-refractivity contribution in [2.45, 2.75) is 26.3 Å². The Morgan fingerprint density at radius 1 is 1.44 bits per heavy atom. The number of benzene rings is 1. The van der Waals surface area contributed by atoms with Gasteiger partial charge in [-0.2, -0.15) is 0 Å². The lowest BCUT2D eigenvalue weighted by Crippen LogP contribution is -2.27. The molecular formula is C13H18ClNO3. The number of hydrogen-bond acceptors (Lipinski definition) is 4. The molecule has 4 nitrogen and oxygen atoms in total. The summed E-state index contributed by atoms with van der Waals surface area (Å²) in [4.78, 5) is 11.4. The first-order chi connectivity index (χ1) is 8.53. The van der Waals surface area contributed by atoms with Crippen LogP contribution in [0, 0.1) is 0 Å². The molecule has 0 fully saturated rings. The minimum Gasteiger partial charge on any atom is -0.495 e. The van der Waals surface area contributed by atoms with Crippen molar-refractivity contribution >= 4 is 23.3 Å². The molecule has 0 saturated heterocycles. The molecule has 1 atom stereocenters. The summed E-state index contributed by atoms with van der Waals surface area (Å²) in [5, 5.41) is 3.71. The summed E-state index contributed by atoms with van der Waals surface area (Å²) >= 11 is 6.11. The molecule has 1 rings (SSSR count). The molecule has 1 unspecified atom stereocenters. The van der Waals surface area contributed by atoms with Crippen molar-refractivity contribution in [2.75, 3.05) is 19.5 Å². The second-order valence-electron chi connectivity index (χ2n) is 3.89. The number of rotatable bonds is 5. The van der Waals surface area contributed by atoms with Gasteiger partial charge >= 0.3 is 5.97 Å². The van der Waals surface area contributed by atoms with Crippen LogP contribution in [-0.4, -0.2) is 26.2 Å². The number of anilines is 1. The van der Waals surface area contributed by atoms with Crippen LogP contribution in [-0.2, 0) is 16.0 Å². The zero-order valence-electron chi connectivity index (χ0n) is 11.0. The van der Waals surface area contributed by atoms with Crippen molar-refractivity contribution in [2.24, 2.45) is 0 Å². The van der Waals surface area contributed by atoms with E-state index < -0.39 is 6.04 Å². The summed E-state index contributed by atoms with van der Waals surface area (Å²) in [5.74, 6) is 0.276. The van der Waals surface area contributed by atoms with E-state index >= 15 is 0 Å². The highest BCUT2D eigenvalue weighted by atomic mass is 35.5. The van der Waals surface area contributed by atoms with Crippen molar-refractivity contribution in [3.63, 3.8) is 0 Å². The van der Waals surface area contributed by atoms with Gasteiger partial charge in [-0.15, -0.1) is 0 Å². The third-order valence-corrected chi connectivity index (χ3v) is 3.03. The van der Waals surface area contributed by atoms with Crippen LogP contribution in [0.3, 0.4) is 0 Å². The Hall–Kier alpha value is -1.42. The summed E-state index contributed by atoms with van der Waals surface area (Å²) in [7, 11) is 2.92. The van der Waals surface area contributed by atoms with Crippen molar-refractivity contribution < 1.29 is 14.3 Å². The Balaban J connectivity index is 3.03. The van der Waals surface area contributed by atoms with Crippen LogP contribution in [0.2, 0.25) is 5.02 Å². The molecule has 0 bridgehead atoms. The lowest BCUT2D eigenvalue weighted by Gasteiger charge is -2.17. The Kier molecular flexibility index (Phi) is 5.28. The van der Waals surface area contributed by atoms with Gasteiger partial charge in [-0.1, -0.05) is 18.5 Å². The van der Waals surface area contributed by atoms with Crippen LogP contribution < -0.4 is 10.1 Å². The second-order valence-corrected chi connectivity index (χ2v) is 4.29. The second kappa shape index (κ2) is 6.50. The smallest absolute Gasteiger partial charge is 0.327 e. The zero-order valence-corrected chi connectivity index (χ0v) is 11.8. The van der Waals surface area contributed by atoms with Gasteiger partial charge in [0, 0.05) is 11.1 Å². The highest BCUT2D eigenvalue weighted by Gasteiger charge is 2.16. The van der Waals surface area contributed by atoms with E-state index in [9.17, 15) is 4.79 Å². The number of nitrogens with one attached hydrogen (secondary N) is 1. The molecule has 0 spiro atoms. The summed E-state index contributed by atoms with van der Waals surface area (Å²) in [6.45, 7) is 3.74. The molecule has 1 aromatic rings. The predicted molar refractivity (Wildman–Crippen MR) is 72.5 cm³/mol. The minimum atomic E-state index is -0.449. The standard InChI is InChI=1S/C13H18ClNO3/c1-5-9-6-11(12(17-3)7-10(9)14)15-8(2)13(16)18-4/h6-8,15H,5H2,1-4H3. The van der Waals surface area contributed by atoms with E-state index in [2.05, 4.69) is 10.1 Å². The third kappa shape index (κ3) is 3.29. The minimum absolute atomic E-state index is 0.329. The van der Waals surface area contributed by atoms with Crippen LogP contribution in [0.1, 0.15) is 19.4 Å². The molecule has 0 aromatic heterocycles. The van der Waals surface area contributed by atoms with E-state index in [-0.39, 0.29) is 5.97 Å². The van der Waals surface area contributed by atoms with Gasteiger partial charge < -0.3 is 14.8 Å². The Morgan fingerprint density at radius 2 is 2.11 bits per heavy atom.